The Morgan fingerprint density at radius 3 is 2.84 bits per heavy atom. The van der Waals surface area contributed by atoms with Crippen molar-refractivity contribution < 1.29 is 5.11 Å². The van der Waals surface area contributed by atoms with E-state index in [1.165, 1.54) is 11.8 Å². The van der Waals surface area contributed by atoms with Crippen LogP contribution in [0.5, 0.6) is 0 Å². The third-order valence-electron chi connectivity index (χ3n) is 2.81. The second-order valence-electron chi connectivity index (χ2n) is 4.22. The Bertz CT molecular complexity index is 628. The molecule has 2 rings (SSSR count). The second-order valence-corrected chi connectivity index (χ2v) is 5.17. The molecule has 2 N–H and O–H groups in total. The van der Waals surface area contributed by atoms with Gasteiger partial charge in [0.05, 0.1) is 12.3 Å². The van der Waals surface area contributed by atoms with Crippen molar-refractivity contribution in [2.45, 2.75) is 43.6 Å². The molecule has 0 amide bonds. The number of rotatable bonds is 5. The van der Waals surface area contributed by atoms with Crippen LogP contribution >= 0.6 is 11.8 Å². The summed E-state index contributed by atoms with van der Waals surface area (Å²) in [6.07, 6.45) is 0.851. The van der Waals surface area contributed by atoms with Gasteiger partial charge in [-0.15, -0.1) is 5.10 Å². The highest BCUT2D eigenvalue weighted by atomic mass is 32.2. The SMILES string of the molecule is CCCn1c(Sc2c(CO)c(C)nn2C)n[nH]c1=O. The summed E-state index contributed by atoms with van der Waals surface area (Å²) in [7, 11) is 1.81. The van der Waals surface area contributed by atoms with Gasteiger partial charge >= 0.3 is 5.69 Å². The molecule has 2 heterocycles. The van der Waals surface area contributed by atoms with Gasteiger partial charge in [-0.1, -0.05) is 6.92 Å². The minimum Gasteiger partial charge on any atom is -0.392 e. The Hall–Kier alpha value is -1.54. The first-order valence-electron chi connectivity index (χ1n) is 6.04. The molecular formula is C11H17N5O2S. The van der Waals surface area contributed by atoms with Crippen LogP contribution in [0, 0.1) is 6.92 Å². The van der Waals surface area contributed by atoms with Gasteiger partial charge in [-0.3, -0.25) is 9.25 Å². The van der Waals surface area contributed by atoms with Gasteiger partial charge in [-0.05, 0) is 25.1 Å². The highest BCUT2D eigenvalue weighted by molar-refractivity contribution is 7.99. The number of aromatic amines is 1. The molecule has 0 bridgehead atoms. The van der Waals surface area contributed by atoms with Crippen molar-refractivity contribution in [3.8, 4) is 0 Å². The zero-order valence-electron chi connectivity index (χ0n) is 11.2. The van der Waals surface area contributed by atoms with Crippen molar-refractivity contribution in [2.24, 2.45) is 7.05 Å². The summed E-state index contributed by atoms with van der Waals surface area (Å²) in [5.74, 6) is 0. The summed E-state index contributed by atoms with van der Waals surface area (Å²) >= 11 is 1.33. The van der Waals surface area contributed by atoms with E-state index < -0.39 is 0 Å². The molecule has 0 aliphatic rings. The monoisotopic (exact) mass is 283 g/mol. The van der Waals surface area contributed by atoms with E-state index in [1.54, 1.807) is 9.25 Å². The van der Waals surface area contributed by atoms with Crippen LogP contribution in [0.3, 0.4) is 0 Å². The van der Waals surface area contributed by atoms with Crippen molar-refractivity contribution >= 4 is 11.8 Å². The van der Waals surface area contributed by atoms with Gasteiger partial charge < -0.3 is 5.11 Å². The Morgan fingerprint density at radius 1 is 1.47 bits per heavy atom. The highest BCUT2D eigenvalue weighted by Gasteiger charge is 2.17. The number of nitrogens with one attached hydrogen (secondary N) is 1. The van der Waals surface area contributed by atoms with E-state index in [0.717, 1.165) is 22.7 Å². The Balaban J connectivity index is 2.39. The summed E-state index contributed by atoms with van der Waals surface area (Å²) < 4.78 is 3.29. The van der Waals surface area contributed by atoms with Gasteiger partial charge in [-0.25, -0.2) is 9.89 Å². The molecule has 7 nitrogen and oxygen atoms in total. The molecule has 0 unspecified atom stereocenters. The fourth-order valence-electron chi connectivity index (χ4n) is 1.88. The van der Waals surface area contributed by atoms with E-state index in [-0.39, 0.29) is 12.3 Å². The zero-order chi connectivity index (χ0) is 14.0. The van der Waals surface area contributed by atoms with Crippen LogP contribution in [0.1, 0.15) is 24.6 Å². The summed E-state index contributed by atoms with van der Waals surface area (Å²) in [5, 5.41) is 21.5. The Morgan fingerprint density at radius 2 is 2.21 bits per heavy atom. The molecule has 2 aromatic rings. The van der Waals surface area contributed by atoms with Gasteiger partial charge in [0, 0.05) is 19.2 Å². The summed E-state index contributed by atoms with van der Waals surface area (Å²) in [4.78, 5) is 11.6. The first-order chi connectivity index (χ1) is 9.08. The molecule has 0 spiro atoms. The standard InChI is InChI=1S/C11H17N5O2S/c1-4-5-16-10(18)12-13-11(16)19-9-8(6-17)7(2)14-15(9)3/h17H,4-6H2,1-3H3,(H,12,18). The zero-order valence-corrected chi connectivity index (χ0v) is 12.0. The fourth-order valence-corrected chi connectivity index (χ4v) is 2.94. The second kappa shape index (κ2) is 5.62. The quantitative estimate of drug-likeness (QED) is 0.842. The molecule has 8 heteroatoms. The molecule has 0 atom stereocenters. The smallest absolute Gasteiger partial charge is 0.343 e. The number of hydrogen-bond donors (Lipinski definition) is 2. The first kappa shape index (κ1) is 13.9. The number of aryl methyl sites for hydroxylation is 2. The molecule has 0 saturated heterocycles. The lowest BCUT2D eigenvalue weighted by Crippen LogP contribution is -2.17. The highest BCUT2D eigenvalue weighted by Crippen LogP contribution is 2.29. The summed E-state index contributed by atoms with van der Waals surface area (Å²) in [6, 6.07) is 0. The lowest BCUT2D eigenvalue weighted by atomic mass is 10.3. The van der Waals surface area contributed by atoms with Gasteiger partial charge in [-0.2, -0.15) is 5.10 Å². The Labute approximate surface area is 114 Å². The lowest BCUT2D eigenvalue weighted by Gasteiger charge is -2.05. The van der Waals surface area contributed by atoms with Crippen molar-refractivity contribution in [2.75, 3.05) is 0 Å². The maximum Gasteiger partial charge on any atom is 0.343 e. The van der Waals surface area contributed by atoms with Gasteiger partial charge in [0.15, 0.2) is 5.16 Å². The minimum absolute atomic E-state index is 0.0789. The van der Waals surface area contributed by atoms with Gasteiger partial charge in [0.1, 0.15) is 5.03 Å². The van der Waals surface area contributed by atoms with Crippen molar-refractivity contribution in [3.63, 3.8) is 0 Å². The molecular weight excluding hydrogens is 266 g/mol. The maximum atomic E-state index is 11.6. The van der Waals surface area contributed by atoms with Crippen LogP contribution in [-0.2, 0) is 20.2 Å². The minimum atomic E-state index is -0.214. The third kappa shape index (κ3) is 2.59. The van der Waals surface area contributed by atoms with Crippen LogP contribution in [-0.4, -0.2) is 29.7 Å². The summed E-state index contributed by atoms with van der Waals surface area (Å²) in [5.41, 5.74) is 1.34. The normalized spacial score (nSPS) is 11.2. The average molecular weight is 283 g/mol. The van der Waals surface area contributed by atoms with E-state index in [1.807, 2.05) is 20.9 Å². The molecule has 0 radical (unpaired) electrons. The molecule has 19 heavy (non-hydrogen) atoms. The van der Waals surface area contributed by atoms with Gasteiger partial charge in [0.2, 0.25) is 0 Å². The Kier molecular flexibility index (Phi) is 4.11. The van der Waals surface area contributed by atoms with E-state index in [9.17, 15) is 9.90 Å². The van der Waals surface area contributed by atoms with E-state index in [0.29, 0.717) is 11.7 Å². The van der Waals surface area contributed by atoms with Crippen LogP contribution in [0.4, 0.5) is 0 Å². The van der Waals surface area contributed by atoms with Crippen LogP contribution in [0.25, 0.3) is 0 Å². The molecule has 0 aliphatic heterocycles. The predicted molar refractivity (Wildman–Crippen MR) is 71.1 cm³/mol. The fraction of sp³-hybridized carbons (Fsp3) is 0.545. The summed E-state index contributed by atoms with van der Waals surface area (Å²) in [6.45, 7) is 4.38. The molecule has 0 aliphatic carbocycles. The average Bonchev–Trinajstić information content (AvgIpc) is 2.84. The number of hydrogen-bond acceptors (Lipinski definition) is 5. The number of nitrogens with zero attached hydrogens (tertiary/aromatic N) is 4. The molecule has 104 valence electrons. The van der Waals surface area contributed by atoms with E-state index in [4.69, 9.17) is 0 Å². The molecule has 0 aromatic carbocycles. The molecule has 0 saturated carbocycles. The number of H-pyrrole nitrogens is 1. The van der Waals surface area contributed by atoms with Gasteiger partial charge in [0.25, 0.3) is 0 Å². The van der Waals surface area contributed by atoms with Crippen LogP contribution in [0.15, 0.2) is 15.0 Å². The third-order valence-corrected chi connectivity index (χ3v) is 4.00. The molecule has 2 aromatic heterocycles. The van der Waals surface area contributed by atoms with Crippen molar-refractivity contribution in [1.29, 1.82) is 0 Å². The maximum absolute atomic E-state index is 11.6. The number of aliphatic hydroxyl groups is 1. The molecule has 0 fully saturated rings. The van der Waals surface area contributed by atoms with Crippen molar-refractivity contribution in [3.05, 3.63) is 21.7 Å². The topological polar surface area (TPSA) is 88.7 Å². The van der Waals surface area contributed by atoms with Crippen LogP contribution < -0.4 is 5.69 Å². The number of aromatic nitrogens is 5. The van der Waals surface area contributed by atoms with Crippen molar-refractivity contribution in [1.82, 2.24) is 24.5 Å². The number of aliphatic hydroxyl groups excluding tert-OH is 1. The van der Waals surface area contributed by atoms with E-state index >= 15 is 0 Å². The first-order valence-corrected chi connectivity index (χ1v) is 6.86. The lowest BCUT2D eigenvalue weighted by molar-refractivity contribution is 0.277. The largest absolute Gasteiger partial charge is 0.392 e. The van der Waals surface area contributed by atoms with Crippen LogP contribution in [0.2, 0.25) is 0 Å². The van der Waals surface area contributed by atoms with E-state index in [2.05, 4.69) is 15.3 Å². The predicted octanol–water partition coefficient (Wildman–Crippen LogP) is 0.667.